The largest absolute Gasteiger partial charge is 0.475 e. The number of carboxylic acids is 1. The molecule has 0 atom stereocenters. The number of aryl methyl sites for hydroxylation is 1. The molecule has 0 bridgehead atoms. The van der Waals surface area contributed by atoms with Gasteiger partial charge in [-0.15, -0.1) is 0 Å². The van der Waals surface area contributed by atoms with E-state index in [2.05, 4.69) is 0 Å². The second kappa shape index (κ2) is 4.36. The van der Waals surface area contributed by atoms with Gasteiger partial charge < -0.3 is 18.7 Å². The third-order valence-electron chi connectivity index (χ3n) is 2.52. The molecule has 2 aromatic heterocycles. The monoisotopic (exact) mass is 250 g/mol. The lowest BCUT2D eigenvalue weighted by molar-refractivity contribution is 0.0660. The zero-order valence-corrected chi connectivity index (χ0v) is 9.49. The van der Waals surface area contributed by atoms with E-state index in [0.29, 0.717) is 5.56 Å². The molecule has 0 fully saturated rings. The Hall–Kier alpha value is -2.57. The first kappa shape index (κ1) is 11.9. The Labute approximate surface area is 101 Å². The molecule has 18 heavy (non-hydrogen) atoms. The van der Waals surface area contributed by atoms with Crippen molar-refractivity contribution in [2.45, 2.75) is 6.54 Å². The van der Waals surface area contributed by atoms with Crippen molar-refractivity contribution in [2.75, 3.05) is 0 Å². The first-order chi connectivity index (χ1) is 8.50. The van der Waals surface area contributed by atoms with E-state index in [-0.39, 0.29) is 12.3 Å². The van der Waals surface area contributed by atoms with Crippen LogP contribution in [0.4, 0.5) is 0 Å². The van der Waals surface area contributed by atoms with Crippen molar-refractivity contribution in [2.24, 2.45) is 7.05 Å². The second-order valence-corrected chi connectivity index (χ2v) is 3.73. The third-order valence-corrected chi connectivity index (χ3v) is 2.52. The van der Waals surface area contributed by atoms with Gasteiger partial charge in [0.05, 0.1) is 12.8 Å². The van der Waals surface area contributed by atoms with E-state index in [1.807, 2.05) is 0 Å². The van der Waals surface area contributed by atoms with E-state index in [4.69, 9.17) is 9.52 Å². The molecular formula is C11H10N2O5. The Morgan fingerprint density at radius 3 is 2.72 bits per heavy atom. The van der Waals surface area contributed by atoms with Gasteiger partial charge in [-0.2, -0.15) is 0 Å². The summed E-state index contributed by atoms with van der Waals surface area (Å²) in [4.78, 5) is 33.9. The van der Waals surface area contributed by atoms with Crippen LogP contribution in [0.3, 0.4) is 0 Å². The molecule has 0 spiro atoms. The molecule has 0 aliphatic heterocycles. The Morgan fingerprint density at radius 2 is 2.06 bits per heavy atom. The molecule has 0 aliphatic rings. The fourth-order valence-electron chi connectivity index (χ4n) is 1.55. The number of aromatic carboxylic acids is 1. The Balaban J connectivity index is 2.44. The number of rotatable bonds is 3. The number of carboxylic acid groups (broad SMARTS) is 1. The summed E-state index contributed by atoms with van der Waals surface area (Å²) in [6.45, 7) is -0.0208. The van der Waals surface area contributed by atoms with Gasteiger partial charge in [0, 0.05) is 25.0 Å². The molecule has 0 unspecified atom stereocenters. The number of carbonyl (C=O) groups is 1. The number of hydrogen-bond acceptors (Lipinski definition) is 4. The Kier molecular flexibility index (Phi) is 2.88. The average molecular weight is 250 g/mol. The predicted molar refractivity (Wildman–Crippen MR) is 60.7 cm³/mol. The van der Waals surface area contributed by atoms with Crippen LogP contribution in [0, 0.1) is 0 Å². The number of aromatic nitrogens is 2. The molecule has 0 saturated carbocycles. The van der Waals surface area contributed by atoms with E-state index < -0.39 is 17.1 Å². The van der Waals surface area contributed by atoms with E-state index in [1.54, 1.807) is 0 Å². The first-order valence-corrected chi connectivity index (χ1v) is 5.06. The van der Waals surface area contributed by atoms with Crippen molar-refractivity contribution in [1.82, 2.24) is 9.13 Å². The van der Waals surface area contributed by atoms with Crippen molar-refractivity contribution in [3.63, 3.8) is 0 Å². The fourth-order valence-corrected chi connectivity index (χ4v) is 1.55. The third kappa shape index (κ3) is 1.97. The van der Waals surface area contributed by atoms with Crippen LogP contribution < -0.4 is 11.1 Å². The molecule has 1 N–H and O–H groups in total. The minimum atomic E-state index is -1.22. The van der Waals surface area contributed by atoms with Crippen LogP contribution in [0.2, 0.25) is 0 Å². The standard InChI is InChI=1S/C11H10N2O5/c1-12-3-4-13(10(15)9(12)14)6-7-2-5-18-8(7)11(16)17/h2-5H,6H2,1H3,(H,16,17). The summed E-state index contributed by atoms with van der Waals surface area (Å²) in [5, 5.41) is 8.85. The van der Waals surface area contributed by atoms with Gasteiger partial charge in [0.15, 0.2) is 0 Å². The van der Waals surface area contributed by atoms with Gasteiger partial charge in [-0.05, 0) is 6.07 Å². The van der Waals surface area contributed by atoms with Crippen molar-refractivity contribution in [3.05, 3.63) is 56.8 Å². The predicted octanol–water partition coefficient (Wildman–Crippen LogP) is -0.114. The van der Waals surface area contributed by atoms with Crippen molar-refractivity contribution < 1.29 is 14.3 Å². The summed E-state index contributed by atoms with van der Waals surface area (Å²) in [5.74, 6) is -1.45. The second-order valence-electron chi connectivity index (χ2n) is 3.73. The van der Waals surface area contributed by atoms with Crippen LogP contribution in [0.25, 0.3) is 0 Å². The smallest absolute Gasteiger partial charge is 0.372 e. The Bertz CT molecular complexity index is 707. The SMILES string of the molecule is Cn1ccn(Cc2ccoc2C(=O)O)c(=O)c1=O. The molecule has 0 amide bonds. The van der Waals surface area contributed by atoms with Crippen LogP contribution in [0.1, 0.15) is 16.1 Å². The molecule has 0 aromatic carbocycles. The lowest BCUT2D eigenvalue weighted by atomic mass is 10.2. The maximum atomic E-state index is 11.6. The van der Waals surface area contributed by atoms with Crippen LogP contribution in [0.15, 0.2) is 38.7 Å². The van der Waals surface area contributed by atoms with Gasteiger partial charge in [0.2, 0.25) is 5.76 Å². The summed E-state index contributed by atoms with van der Waals surface area (Å²) in [7, 11) is 1.47. The summed E-state index contributed by atoms with van der Waals surface area (Å²) in [6.07, 6.45) is 4.08. The maximum Gasteiger partial charge on any atom is 0.372 e. The summed E-state index contributed by atoms with van der Waals surface area (Å²) in [6, 6.07) is 1.45. The van der Waals surface area contributed by atoms with Gasteiger partial charge in [-0.25, -0.2) is 4.79 Å². The molecule has 0 radical (unpaired) electrons. The van der Waals surface area contributed by atoms with Crippen LogP contribution >= 0.6 is 0 Å². The van der Waals surface area contributed by atoms with Gasteiger partial charge in [0.1, 0.15) is 0 Å². The van der Waals surface area contributed by atoms with Crippen molar-refractivity contribution >= 4 is 5.97 Å². The molecule has 94 valence electrons. The highest BCUT2D eigenvalue weighted by atomic mass is 16.4. The molecule has 0 saturated heterocycles. The van der Waals surface area contributed by atoms with Gasteiger partial charge in [-0.1, -0.05) is 0 Å². The lowest BCUT2D eigenvalue weighted by Gasteiger charge is -2.05. The quantitative estimate of drug-likeness (QED) is 0.767. The highest BCUT2D eigenvalue weighted by Crippen LogP contribution is 2.11. The zero-order chi connectivity index (χ0) is 13.3. The zero-order valence-electron chi connectivity index (χ0n) is 9.49. The van der Waals surface area contributed by atoms with Crippen LogP contribution in [-0.2, 0) is 13.6 Å². The van der Waals surface area contributed by atoms with Crippen molar-refractivity contribution in [3.8, 4) is 0 Å². The average Bonchev–Trinajstić information content (AvgIpc) is 2.78. The molecule has 2 heterocycles. The van der Waals surface area contributed by atoms with Crippen LogP contribution in [0.5, 0.6) is 0 Å². The normalized spacial score (nSPS) is 10.5. The maximum absolute atomic E-state index is 11.6. The van der Waals surface area contributed by atoms with Gasteiger partial charge >= 0.3 is 17.1 Å². The Morgan fingerprint density at radius 1 is 1.33 bits per heavy atom. The minimum Gasteiger partial charge on any atom is -0.475 e. The molecule has 7 heteroatoms. The lowest BCUT2D eigenvalue weighted by Crippen LogP contribution is -2.39. The van der Waals surface area contributed by atoms with E-state index >= 15 is 0 Å². The van der Waals surface area contributed by atoms with E-state index in [1.165, 1.54) is 31.8 Å². The molecule has 2 rings (SSSR count). The summed E-state index contributed by atoms with van der Waals surface area (Å²) in [5.41, 5.74) is -1.05. The van der Waals surface area contributed by atoms with Gasteiger partial charge in [-0.3, -0.25) is 9.59 Å². The number of furan rings is 1. The molecular weight excluding hydrogens is 240 g/mol. The summed E-state index contributed by atoms with van der Waals surface area (Å²) < 4.78 is 7.09. The topological polar surface area (TPSA) is 94.4 Å². The van der Waals surface area contributed by atoms with E-state index in [0.717, 1.165) is 9.13 Å². The summed E-state index contributed by atoms with van der Waals surface area (Å²) >= 11 is 0. The molecule has 2 aromatic rings. The highest BCUT2D eigenvalue weighted by molar-refractivity contribution is 5.86. The van der Waals surface area contributed by atoms with Crippen molar-refractivity contribution in [1.29, 1.82) is 0 Å². The fraction of sp³-hybridized carbons (Fsp3) is 0.182. The number of hydrogen-bond donors (Lipinski definition) is 1. The number of nitrogens with zero attached hydrogens (tertiary/aromatic N) is 2. The molecule has 7 nitrogen and oxygen atoms in total. The minimum absolute atomic E-state index is 0.0208. The first-order valence-electron chi connectivity index (χ1n) is 5.06. The van der Waals surface area contributed by atoms with Crippen LogP contribution in [-0.4, -0.2) is 20.2 Å². The highest BCUT2D eigenvalue weighted by Gasteiger charge is 2.15. The van der Waals surface area contributed by atoms with E-state index in [9.17, 15) is 14.4 Å². The van der Waals surface area contributed by atoms with Gasteiger partial charge in [0.25, 0.3) is 0 Å². The molecule has 0 aliphatic carbocycles.